The van der Waals surface area contributed by atoms with Crippen LogP contribution in [0.5, 0.6) is 0 Å². The van der Waals surface area contributed by atoms with Crippen molar-refractivity contribution in [2.45, 2.75) is 26.2 Å². The fourth-order valence-corrected chi connectivity index (χ4v) is 3.60. The minimum absolute atomic E-state index is 0.142. The molecular formula is C15H19BrClNO. The highest BCUT2D eigenvalue weighted by Crippen LogP contribution is 2.23. The molecule has 0 bridgehead atoms. The molecule has 0 spiro atoms. The summed E-state index contributed by atoms with van der Waals surface area (Å²) in [5, 5.41) is 0. The van der Waals surface area contributed by atoms with E-state index >= 15 is 0 Å². The Morgan fingerprint density at radius 1 is 1.47 bits per heavy atom. The number of carbonyl (C=O) groups excluding carboxylic acids is 1. The predicted molar refractivity (Wildman–Crippen MR) is 82.8 cm³/mol. The van der Waals surface area contributed by atoms with E-state index in [-0.39, 0.29) is 5.91 Å². The Bertz CT molecular complexity index is 441. The summed E-state index contributed by atoms with van der Waals surface area (Å²) in [7, 11) is 0. The van der Waals surface area contributed by atoms with E-state index in [1.807, 2.05) is 30.0 Å². The van der Waals surface area contributed by atoms with Gasteiger partial charge >= 0.3 is 0 Å². The number of rotatable bonds is 3. The normalized spacial score (nSPS) is 19.5. The number of halogens is 2. The Balaban J connectivity index is 2.10. The van der Waals surface area contributed by atoms with Crippen molar-refractivity contribution in [2.24, 2.45) is 5.92 Å². The zero-order chi connectivity index (χ0) is 13.8. The van der Waals surface area contributed by atoms with Crippen LogP contribution in [0, 0.1) is 12.8 Å². The van der Waals surface area contributed by atoms with Crippen LogP contribution in [0.25, 0.3) is 0 Å². The molecule has 0 N–H and O–H groups in total. The molecule has 1 aromatic rings. The molecule has 1 aromatic carbocycles. The first kappa shape index (κ1) is 14.9. The molecule has 1 aliphatic rings. The fraction of sp³-hybridized carbons (Fsp3) is 0.533. The highest BCUT2D eigenvalue weighted by Gasteiger charge is 2.24. The number of benzene rings is 1. The molecule has 2 nitrogen and oxygen atoms in total. The molecule has 2 rings (SSSR count). The Kier molecular flexibility index (Phi) is 5.28. The quantitative estimate of drug-likeness (QED) is 0.751. The molecule has 0 saturated carbocycles. The second-order valence-electron chi connectivity index (χ2n) is 5.25. The Labute approximate surface area is 128 Å². The van der Waals surface area contributed by atoms with Gasteiger partial charge in [-0.25, -0.2) is 0 Å². The van der Waals surface area contributed by atoms with E-state index in [0.29, 0.717) is 11.8 Å². The highest BCUT2D eigenvalue weighted by atomic mass is 79.9. The van der Waals surface area contributed by atoms with E-state index in [0.717, 1.165) is 41.5 Å². The van der Waals surface area contributed by atoms with Crippen LogP contribution in [0.4, 0.5) is 0 Å². The van der Waals surface area contributed by atoms with Gasteiger partial charge in [0, 0.05) is 29.0 Å². The first-order chi connectivity index (χ1) is 9.10. The maximum Gasteiger partial charge on any atom is 0.253 e. The number of alkyl halides is 1. The third-order valence-corrected chi connectivity index (χ3v) is 4.29. The Hall–Kier alpha value is -0.540. The second-order valence-corrected chi connectivity index (χ2v) is 6.55. The van der Waals surface area contributed by atoms with Crippen molar-refractivity contribution in [3.05, 3.63) is 33.8 Å². The Morgan fingerprint density at radius 2 is 2.26 bits per heavy atom. The smallest absolute Gasteiger partial charge is 0.253 e. The first-order valence-corrected chi connectivity index (χ1v) is 8.05. The molecule has 4 heteroatoms. The van der Waals surface area contributed by atoms with Crippen LogP contribution >= 0.6 is 27.5 Å². The molecule has 1 unspecified atom stereocenters. The summed E-state index contributed by atoms with van der Waals surface area (Å²) in [6, 6.07) is 5.88. The van der Waals surface area contributed by atoms with Gasteiger partial charge in [0.1, 0.15) is 0 Å². The van der Waals surface area contributed by atoms with Crippen LogP contribution in [-0.2, 0) is 0 Å². The van der Waals surface area contributed by atoms with E-state index in [1.54, 1.807) is 0 Å². The molecule has 1 saturated heterocycles. The molecule has 104 valence electrons. The molecule has 0 aliphatic carbocycles. The van der Waals surface area contributed by atoms with Crippen molar-refractivity contribution in [3.63, 3.8) is 0 Å². The van der Waals surface area contributed by atoms with E-state index in [9.17, 15) is 4.79 Å². The number of hydrogen-bond acceptors (Lipinski definition) is 1. The SMILES string of the molecule is Cc1cc(Br)cc(C(=O)N2CCCC(CCCl)C2)c1. The fourth-order valence-electron chi connectivity index (χ4n) is 2.68. The largest absolute Gasteiger partial charge is 0.338 e. The number of nitrogens with zero attached hydrogens (tertiary/aromatic N) is 1. The molecule has 1 atom stereocenters. The van der Waals surface area contributed by atoms with Gasteiger partial charge in [0.25, 0.3) is 5.91 Å². The molecule has 0 radical (unpaired) electrons. The maximum absolute atomic E-state index is 12.5. The van der Waals surface area contributed by atoms with Crippen LogP contribution in [0.3, 0.4) is 0 Å². The van der Waals surface area contributed by atoms with Gasteiger partial charge in [0.05, 0.1) is 0 Å². The molecule has 1 heterocycles. The minimum Gasteiger partial charge on any atom is -0.338 e. The first-order valence-electron chi connectivity index (χ1n) is 6.72. The summed E-state index contributed by atoms with van der Waals surface area (Å²) >= 11 is 9.26. The summed E-state index contributed by atoms with van der Waals surface area (Å²) in [6.45, 7) is 3.72. The lowest BCUT2D eigenvalue weighted by molar-refractivity contribution is 0.0671. The van der Waals surface area contributed by atoms with Gasteiger partial charge in [0.2, 0.25) is 0 Å². The van der Waals surface area contributed by atoms with E-state index in [1.165, 1.54) is 6.42 Å². The number of aryl methyl sites for hydroxylation is 1. The summed E-state index contributed by atoms with van der Waals surface area (Å²) in [5.74, 6) is 1.38. The molecule has 19 heavy (non-hydrogen) atoms. The van der Waals surface area contributed by atoms with Gasteiger partial charge < -0.3 is 4.90 Å². The highest BCUT2D eigenvalue weighted by molar-refractivity contribution is 9.10. The summed E-state index contributed by atoms with van der Waals surface area (Å²) in [5.41, 5.74) is 1.88. The predicted octanol–water partition coefficient (Wildman–Crippen LogP) is 4.24. The van der Waals surface area contributed by atoms with Crippen molar-refractivity contribution < 1.29 is 4.79 Å². The van der Waals surface area contributed by atoms with Gasteiger partial charge in [-0.15, -0.1) is 11.6 Å². The lowest BCUT2D eigenvalue weighted by Crippen LogP contribution is -2.40. The van der Waals surface area contributed by atoms with E-state index in [2.05, 4.69) is 15.9 Å². The zero-order valence-corrected chi connectivity index (χ0v) is 13.5. The van der Waals surface area contributed by atoms with Crippen LogP contribution in [-0.4, -0.2) is 29.8 Å². The minimum atomic E-state index is 0.142. The van der Waals surface area contributed by atoms with Gasteiger partial charge in [-0.05, 0) is 55.9 Å². The lowest BCUT2D eigenvalue weighted by Gasteiger charge is -2.32. The van der Waals surface area contributed by atoms with E-state index in [4.69, 9.17) is 11.6 Å². The van der Waals surface area contributed by atoms with Crippen molar-refractivity contribution in [3.8, 4) is 0 Å². The van der Waals surface area contributed by atoms with Crippen molar-refractivity contribution in [1.82, 2.24) is 4.90 Å². The molecule has 0 aromatic heterocycles. The van der Waals surface area contributed by atoms with Gasteiger partial charge in [-0.2, -0.15) is 0 Å². The summed E-state index contributed by atoms with van der Waals surface area (Å²) in [4.78, 5) is 14.5. The maximum atomic E-state index is 12.5. The average Bonchev–Trinajstić information content (AvgIpc) is 2.37. The third-order valence-electron chi connectivity index (χ3n) is 3.61. The molecular weight excluding hydrogens is 326 g/mol. The van der Waals surface area contributed by atoms with E-state index < -0.39 is 0 Å². The number of likely N-dealkylation sites (tertiary alicyclic amines) is 1. The standard InChI is InChI=1S/C15H19BrClNO/c1-11-7-13(9-14(16)8-11)15(19)18-6-2-3-12(10-18)4-5-17/h7-9,12H,2-6,10H2,1H3. The lowest BCUT2D eigenvalue weighted by atomic mass is 9.95. The second kappa shape index (κ2) is 6.76. The van der Waals surface area contributed by atoms with Crippen LogP contribution < -0.4 is 0 Å². The number of hydrogen-bond donors (Lipinski definition) is 0. The van der Waals surface area contributed by atoms with Crippen LogP contribution in [0.2, 0.25) is 0 Å². The van der Waals surface area contributed by atoms with Gasteiger partial charge in [-0.3, -0.25) is 4.79 Å². The van der Waals surface area contributed by atoms with Gasteiger partial charge in [-0.1, -0.05) is 15.9 Å². The molecule has 1 aliphatic heterocycles. The Morgan fingerprint density at radius 3 is 2.95 bits per heavy atom. The zero-order valence-electron chi connectivity index (χ0n) is 11.2. The van der Waals surface area contributed by atoms with Crippen molar-refractivity contribution in [2.75, 3.05) is 19.0 Å². The van der Waals surface area contributed by atoms with Crippen LogP contribution in [0.15, 0.2) is 22.7 Å². The summed E-state index contributed by atoms with van der Waals surface area (Å²) in [6.07, 6.45) is 3.27. The number of piperidine rings is 1. The number of amides is 1. The monoisotopic (exact) mass is 343 g/mol. The summed E-state index contributed by atoms with van der Waals surface area (Å²) < 4.78 is 0.963. The molecule has 1 fully saturated rings. The van der Waals surface area contributed by atoms with Gasteiger partial charge in [0.15, 0.2) is 0 Å². The van der Waals surface area contributed by atoms with Crippen molar-refractivity contribution in [1.29, 1.82) is 0 Å². The average molecular weight is 345 g/mol. The van der Waals surface area contributed by atoms with Crippen LogP contribution in [0.1, 0.15) is 35.2 Å². The topological polar surface area (TPSA) is 20.3 Å². The third kappa shape index (κ3) is 3.96. The molecule has 1 amide bonds. The number of carbonyl (C=O) groups is 1. The van der Waals surface area contributed by atoms with Crippen molar-refractivity contribution >= 4 is 33.4 Å².